The summed E-state index contributed by atoms with van der Waals surface area (Å²) in [5, 5.41) is 2.88. The topological polar surface area (TPSA) is 45.2 Å². The van der Waals surface area contributed by atoms with Crippen LogP contribution in [0.15, 0.2) is 48.7 Å². The molecule has 4 heteroatoms. The van der Waals surface area contributed by atoms with Crippen molar-refractivity contribution in [1.29, 1.82) is 0 Å². The van der Waals surface area contributed by atoms with Gasteiger partial charge in [0.2, 0.25) is 5.91 Å². The quantitative estimate of drug-likeness (QED) is 0.936. The minimum atomic E-state index is -0.414. The minimum absolute atomic E-state index is 0.0142. The Morgan fingerprint density at radius 3 is 2.36 bits per heavy atom. The highest BCUT2D eigenvalue weighted by Crippen LogP contribution is 2.19. The number of hydrogen-bond acceptors (Lipinski definition) is 3. The molecule has 1 aromatic heterocycles. The molecule has 2 aromatic rings. The average Bonchev–Trinajstić information content (AvgIpc) is 2.48. The molecule has 0 fully saturated rings. The van der Waals surface area contributed by atoms with Gasteiger partial charge < -0.3 is 10.2 Å². The second-order valence-corrected chi connectivity index (χ2v) is 6.45. The van der Waals surface area contributed by atoms with Crippen LogP contribution in [0.3, 0.4) is 0 Å². The standard InChI is InChI=1S/C18H23N3O/c1-18(2,3)17(22)20-15-10-11-16(19-12-15)21(4)13-14-8-6-5-7-9-14/h5-12H,13H2,1-4H3,(H,20,22). The Kier molecular flexibility index (Phi) is 4.81. The molecule has 116 valence electrons. The number of carbonyl (C=O) groups is 1. The Labute approximate surface area is 132 Å². The first-order chi connectivity index (χ1) is 10.4. The van der Waals surface area contributed by atoms with Crippen molar-refractivity contribution in [3.8, 4) is 0 Å². The average molecular weight is 297 g/mol. The Morgan fingerprint density at radius 2 is 1.82 bits per heavy atom. The zero-order chi connectivity index (χ0) is 16.2. The highest BCUT2D eigenvalue weighted by Gasteiger charge is 2.21. The molecule has 0 atom stereocenters. The monoisotopic (exact) mass is 297 g/mol. The maximum Gasteiger partial charge on any atom is 0.229 e. The van der Waals surface area contributed by atoms with Crippen LogP contribution in [0.4, 0.5) is 11.5 Å². The fourth-order valence-electron chi connectivity index (χ4n) is 1.94. The van der Waals surface area contributed by atoms with E-state index >= 15 is 0 Å². The number of rotatable bonds is 4. The summed E-state index contributed by atoms with van der Waals surface area (Å²) in [5.41, 5.74) is 1.54. The summed E-state index contributed by atoms with van der Waals surface area (Å²) in [6.45, 7) is 6.45. The number of nitrogens with one attached hydrogen (secondary N) is 1. The molecule has 0 spiro atoms. The van der Waals surface area contributed by atoms with E-state index in [-0.39, 0.29) is 5.91 Å². The van der Waals surface area contributed by atoms with Gasteiger partial charge in [-0.05, 0) is 17.7 Å². The zero-order valence-corrected chi connectivity index (χ0v) is 13.6. The van der Waals surface area contributed by atoms with Gasteiger partial charge in [-0.2, -0.15) is 0 Å². The van der Waals surface area contributed by atoms with E-state index in [9.17, 15) is 4.79 Å². The second-order valence-electron chi connectivity index (χ2n) is 6.45. The third-order valence-electron chi connectivity index (χ3n) is 3.34. The van der Waals surface area contributed by atoms with E-state index in [4.69, 9.17) is 0 Å². The predicted molar refractivity (Wildman–Crippen MR) is 90.9 cm³/mol. The Bertz CT molecular complexity index is 615. The van der Waals surface area contributed by atoms with Gasteiger partial charge in [0, 0.05) is 19.0 Å². The molecular formula is C18H23N3O. The van der Waals surface area contributed by atoms with Gasteiger partial charge >= 0.3 is 0 Å². The summed E-state index contributed by atoms with van der Waals surface area (Å²) in [4.78, 5) is 18.4. The van der Waals surface area contributed by atoms with E-state index in [1.54, 1.807) is 6.20 Å². The lowest BCUT2D eigenvalue weighted by Gasteiger charge is -2.20. The summed E-state index contributed by atoms with van der Waals surface area (Å²) >= 11 is 0. The summed E-state index contributed by atoms with van der Waals surface area (Å²) in [6, 6.07) is 14.1. The van der Waals surface area contributed by atoms with E-state index in [0.717, 1.165) is 18.1 Å². The molecule has 0 radical (unpaired) electrons. The van der Waals surface area contributed by atoms with Crippen molar-refractivity contribution in [2.45, 2.75) is 27.3 Å². The van der Waals surface area contributed by atoms with Crippen LogP contribution in [0.1, 0.15) is 26.3 Å². The molecule has 1 aromatic carbocycles. The zero-order valence-electron chi connectivity index (χ0n) is 13.6. The van der Waals surface area contributed by atoms with Gasteiger partial charge in [0.05, 0.1) is 11.9 Å². The number of benzene rings is 1. The number of pyridine rings is 1. The van der Waals surface area contributed by atoms with E-state index in [2.05, 4.69) is 27.3 Å². The number of anilines is 2. The van der Waals surface area contributed by atoms with Gasteiger partial charge in [-0.15, -0.1) is 0 Å². The number of amides is 1. The first-order valence-corrected chi connectivity index (χ1v) is 7.39. The Balaban J connectivity index is 2.01. The lowest BCUT2D eigenvalue weighted by atomic mass is 9.96. The molecule has 1 amide bonds. The molecule has 0 saturated carbocycles. The summed E-state index contributed by atoms with van der Waals surface area (Å²) < 4.78 is 0. The summed E-state index contributed by atoms with van der Waals surface area (Å²) in [7, 11) is 2.00. The van der Waals surface area contributed by atoms with Crippen molar-refractivity contribution in [2.75, 3.05) is 17.3 Å². The molecule has 2 rings (SSSR count). The van der Waals surface area contributed by atoms with Crippen LogP contribution in [-0.2, 0) is 11.3 Å². The highest BCUT2D eigenvalue weighted by molar-refractivity contribution is 5.94. The van der Waals surface area contributed by atoms with Gasteiger partial charge in [-0.3, -0.25) is 4.79 Å². The Morgan fingerprint density at radius 1 is 1.14 bits per heavy atom. The lowest BCUT2D eigenvalue weighted by molar-refractivity contribution is -0.123. The van der Waals surface area contributed by atoms with Crippen LogP contribution in [-0.4, -0.2) is 17.9 Å². The first-order valence-electron chi connectivity index (χ1n) is 7.39. The van der Waals surface area contributed by atoms with Crippen molar-refractivity contribution < 1.29 is 4.79 Å². The van der Waals surface area contributed by atoms with E-state index < -0.39 is 5.41 Å². The summed E-state index contributed by atoms with van der Waals surface area (Å²) in [5.74, 6) is 0.859. The fraction of sp³-hybridized carbons (Fsp3) is 0.333. The second kappa shape index (κ2) is 6.60. The normalized spacial score (nSPS) is 11.1. The highest BCUT2D eigenvalue weighted by atomic mass is 16.2. The minimum Gasteiger partial charge on any atom is -0.355 e. The van der Waals surface area contributed by atoms with Crippen molar-refractivity contribution in [3.63, 3.8) is 0 Å². The molecule has 1 heterocycles. The molecule has 4 nitrogen and oxygen atoms in total. The lowest BCUT2D eigenvalue weighted by Crippen LogP contribution is -2.27. The van der Waals surface area contributed by atoms with Gasteiger partial charge in [-0.1, -0.05) is 51.1 Å². The van der Waals surface area contributed by atoms with Gasteiger partial charge in [-0.25, -0.2) is 4.98 Å². The van der Waals surface area contributed by atoms with Crippen molar-refractivity contribution in [2.24, 2.45) is 5.41 Å². The van der Waals surface area contributed by atoms with Gasteiger partial charge in [0.25, 0.3) is 0 Å². The molecule has 0 aliphatic carbocycles. The molecular weight excluding hydrogens is 274 g/mol. The van der Waals surface area contributed by atoms with Crippen LogP contribution in [0.25, 0.3) is 0 Å². The van der Waals surface area contributed by atoms with E-state index in [0.29, 0.717) is 0 Å². The molecule has 0 bridgehead atoms. The Hall–Kier alpha value is -2.36. The molecule has 1 N–H and O–H groups in total. The van der Waals surface area contributed by atoms with Crippen LogP contribution in [0.2, 0.25) is 0 Å². The van der Waals surface area contributed by atoms with E-state index in [1.165, 1.54) is 5.56 Å². The van der Waals surface area contributed by atoms with Gasteiger partial charge in [0.15, 0.2) is 0 Å². The smallest absolute Gasteiger partial charge is 0.229 e. The van der Waals surface area contributed by atoms with Crippen molar-refractivity contribution in [1.82, 2.24) is 4.98 Å². The summed E-state index contributed by atoms with van der Waals surface area (Å²) in [6.07, 6.45) is 1.69. The van der Waals surface area contributed by atoms with Crippen molar-refractivity contribution >= 4 is 17.4 Å². The van der Waals surface area contributed by atoms with Crippen LogP contribution in [0, 0.1) is 5.41 Å². The first kappa shape index (κ1) is 16.0. The third-order valence-corrected chi connectivity index (χ3v) is 3.34. The van der Waals surface area contributed by atoms with Crippen molar-refractivity contribution in [3.05, 3.63) is 54.2 Å². The fourth-order valence-corrected chi connectivity index (χ4v) is 1.94. The molecule has 0 unspecified atom stereocenters. The largest absolute Gasteiger partial charge is 0.355 e. The number of aromatic nitrogens is 1. The van der Waals surface area contributed by atoms with Gasteiger partial charge in [0.1, 0.15) is 5.82 Å². The number of carbonyl (C=O) groups excluding carboxylic acids is 1. The molecule has 22 heavy (non-hydrogen) atoms. The number of hydrogen-bond donors (Lipinski definition) is 1. The third kappa shape index (κ3) is 4.32. The van der Waals surface area contributed by atoms with E-state index in [1.807, 2.05) is 58.2 Å². The molecule has 0 aliphatic rings. The van der Waals surface area contributed by atoms with Crippen LogP contribution < -0.4 is 10.2 Å². The molecule has 0 saturated heterocycles. The predicted octanol–water partition coefficient (Wildman–Crippen LogP) is 3.70. The van der Waals surface area contributed by atoms with Crippen LogP contribution >= 0.6 is 0 Å². The van der Waals surface area contributed by atoms with Crippen LogP contribution in [0.5, 0.6) is 0 Å². The number of nitrogens with zero attached hydrogens (tertiary/aromatic N) is 2. The maximum absolute atomic E-state index is 11.9. The molecule has 0 aliphatic heterocycles. The maximum atomic E-state index is 11.9. The SMILES string of the molecule is CN(Cc1ccccc1)c1ccc(NC(=O)C(C)(C)C)cn1.